The van der Waals surface area contributed by atoms with Crippen molar-refractivity contribution in [1.29, 1.82) is 0 Å². The van der Waals surface area contributed by atoms with E-state index >= 15 is 0 Å². The second-order valence-corrected chi connectivity index (χ2v) is 1.81. The normalized spacial score (nSPS) is 11.0. The van der Waals surface area contributed by atoms with Crippen LogP contribution in [0.3, 0.4) is 0 Å². The molecular weight excluding hydrogens is 72.9 g/mol. The van der Waals surface area contributed by atoms with Crippen LogP contribution in [0.25, 0.3) is 0 Å². The van der Waals surface area contributed by atoms with E-state index in [1.165, 1.54) is 0 Å². The zero-order valence-electron chi connectivity index (χ0n) is 4.23. The van der Waals surface area contributed by atoms with Gasteiger partial charge in [0.05, 0.1) is 0 Å². The largest absolute Gasteiger partial charge is 0.305 e. The molecule has 2 radical (unpaired) electrons. The zero-order valence-corrected chi connectivity index (χ0v) is 4.23. The predicted octanol–water partition coefficient (Wildman–Crippen LogP) is 0.592. The Labute approximate surface area is 39.9 Å². The van der Waals surface area contributed by atoms with Gasteiger partial charge in [-0.05, 0) is 20.6 Å². The molecule has 2 heteroatoms. The van der Waals surface area contributed by atoms with Crippen LogP contribution in [0.4, 0.5) is 0 Å². The predicted molar refractivity (Wildman–Crippen MR) is 29.4 cm³/mol. The molecule has 0 aliphatic heterocycles. The summed E-state index contributed by atoms with van der Waals surface area (Å²) in [6.07, 6.45) is 0. The van der Waals surface area contributed by atoms with Gasteiger partial charge in [-0.15, -0.1) is 0 Å². The summed E-state index contributed by atoms with van der Waals surface area (Å²) in [5.74, 6) is 0. The van der Waals surface area contributed by atoms with E-state index in [9.17, 15) is 0 Å². The van der Waals surface area contributed by atoms with Crippen LogP contribution >= 0.6 is 0 Å². The Hall–Kier alpha value is -0.265. The SMILES string of the molecule is [B]C(C)(C)N=C. The van der Waals surface area contributed by atoms with Crippen molar-refractivity contribution in [2.75, 3.05) is 0 Å². The van der Waals surface area contributed by atoms with E-state index in [2.05, 4.69) is 11.7 Å². The lowest BCUT2D eigenvalue weighted by Gasteiger charge is -2.08. The maximum absolute atomic E-state index is 5.31. The molecule has 1 nitrogen and oxygen atoms in total. The van der Waals surface area contributed by atoms with Gasteiger partial charge >= 0.3 is 0 Å². The van der Waals surface area contributed by atoms with Crippen LogP contribution in [0.1, 0.15) is 13.8 Å². The molecular formula is C4H8BN. The second kappa shape index (κ2) is 1.46. The Balaban J connectivity index is 3.45. The van der Waals surface area contributed by atoms with E-state index < -0.39 is 5.44 Å². The third-order valence-electron chi connectivity index (χ3n) is 0.408. The van der Waals surface area contributed by atoms with Crippen LogP contribution in [0.5, 0.6) is 0 Å². The molecule has 0 rings (SSSR count). The maximum atomic E-state index is 5.31. The van der Waals surface area contributed by atoms with Gasteiger partial charge in [0, 0.05) is 5.44 Å². The summed E-state index contributed by atoms with van der Waals surface area (Å²) in [5.41, 5.74) is -0.444. The molecule has 0 spiro atoms. The van der Waals surface area contributed by atoms with Crippen molar-refractivity contribution in [2.24, 2.45) is 4.99 Å². The standard InChI is InChI=1S/C4H8BN/c1-4(2,5)6-3/h3H2,1-2H3. The lowest BCUT2D eigenvalue weighted by molar-refractivity contribution is 0.751. The summed E-state index contributed by atoms with van der Waals surface area (Å²) in [4.78, 5) is 3.55. The van der Waals surface area contributed by atoms with Crippen LogP contribution in [-0.4, -0.2) is 20.0 Å². The quantitative estimate of drug-likeness (QED) is 0.323. The van der Waals surface area contributed by atoms with Gasteiger partial charge in [0.25, 0.3) is 0 Å². The Kier molecular flexibility index (Phi) is 1.39. The molecule has 0 amide bonds. The van der Waals surface area contributed by atoms with Gasteiger partial charge in [-0.25, -0.2) is 0 Å². The van der Waals surface area contributed by atoms with Gasteiger partial charge in [0.2, 0.25) is 0 Å². The molecule has 0 fully saturated rings. The van der Waals surface area contributed by atoms with Crippen molar-refractivity contribution in [2.45, 2.75) is 19.3 Å². The van der Waals surface area contributed by atoms with Gasteiger partial charge in [-0.2, -0.15) is 0 Å². The zero-order chi connectivity index (χ0) is 5.21. The van der Waals surface area contributed by atoms with E-state index in [-0.39, 0.29) is 0 Å². The molecule has 0 aliphatic carbocycles. The topological polar surface area (TPSA) is 12.4 Å². The fourth-order valence-corrected chi connectivity index (χ4v) is 0. The smallest absolute Gasteiger partial charge is 0.106 e. The third kappa shape index (κ3) is 3.73. The molecule has 0 N–H and O–H groups in total. The molecule has 0 aromatic carbocycles. The van der Waals surface area contributed by atoms with Crippen molar-refractivity contribution in [3.63, 3.8) is 0 Å². The third-order valence-corrected chi connectivity index (χ3v) is 0.408. The Bertz CT molecular complexity index is 53.1. The molecule has 0 bridgehead atoms. The number of hydrogen-bond donors (Lipinski definition) is 0. The molecule has 6 heavy (non-hydrogen) atoms. The molecule has 0 saturated carbocycles. The lowest BCUT2D eigenvalue weighted by atomic mass is 9.83. The minimum atomic E-state index is -0.444. The van der Waals surface area contributed by atoms with Crippen molar-refractivity contribution in [1.82, 2.24) is 0 Å². The summed E-state index contributed by atoms with van der Waals surface area (Å²) in [7, 11) is 5.31. The highest BCUT2D eigenvalue weighted by Gasteiger charge is 2.00. The number of nitrogens with zero attached hydrogens (tertiary/aromatic N) is 1. The number of hydrogen-bond acceptors (Lipinski definition) is 1. The van der Waals surface area contributed by atoms with Gasteiger partial charge in [0.15, 0.2) is 0 Å². The summed E-state index contributed by atoms with van der Waals surface area (Å²) in [5, 5.41) is 0. The van der Waals surface area contributed by atoms with Crippen molar-refractivity contribution >= 4 is 14.6 Å². The molecule has 0 saturated heterocycles. The van der Waals surface area contributed by atoms with Crippen molar-refractivity contribution in [3.05, 3.63) is 0 Å². The molecule has 0 heterocycles. The maximum Gasteiger partial charge on any atom is 0.106 e. The minimum absolute atomic E-state index is 0.444. The first-order valence-corrected chi connectivity index (χ1v) is 1.83. The molecule has 0 aliphatic rings. The monoisotopic (exact) mass is 81.1 g/mol. The molecule has 0 aromatic rings. The van der Waals surface area contributed by atoms with Gasteiger partial charge in [0.1, 0.15) is 7.85 Å². The number of aliphatic imine (C=N–C) groups is 1. The lowest BCUT2D eigenvalue weighted by Crippen LogP contribution is -2.14. The van der Waals surface area contributed by atoms with Gasteiger partial charge < -0.3 is 4.99 Å². The first-order valence-electron chi connectivity index (χ1n) is 1.83. The van der Waals surface area contributed by atoms with Crippen LogP contribution in [-0.2, 0) is 0 Å². The Morgan fingerprint density at radius 1 is 1.67 bits per heavy atom. The Morgan fingerprint density at radius 2 is 1.83 bits per heavy atom. The fourth-order valence-electron chi connectivity index (χ4n) is 0. The van der Waals surface area contributed by atoms with Crippen LogP contribution < -0.4 is 0 Å². The van der Waals surface area contributed by atoms with Crippen LogP contribution in [0, 0.1) is 0 Å². The summed E-state index contributed by atoms with van der Waals surface area (Å²) < 4.78 is 0. The summed E-state index contributed by atoms with van der Waals surface area (Å²) in [6, 6.07) is 0. The molecule has 0 atom stereocenters. The van der Waals surface area contributed by atoms with E-state index in [1.807, 2.05) is 0 Å². The molecule has 0 unspecified atom stereocenters. The van der Waals surface area contributed by atoms with E-state index in [0.29, 0.717) is 0 Å². The molecule has 0 aromatic heterocycles. The minimum Gasteiger partial charge on any atom is -0.305 e. The van der Waals surface area contributed by atoms with E-state index in [1.54, 1.807) is 13.8 Å². The highest BCUT2D eigenvalue weighted by molar-refractivity contribution is 6.15. The average Bonchev–Trinajstić information content (AvgIpc) is 1.35. The van der Waals surface area contributed by atoms with E-state index in [0.717, 1.165) is 0 Å². The first-order chi connectivity index (χ1) is 2.56. The van der Waals surface area contributed by atoms with E-state index in [4.69, 9.17) is 7.85 Å². The second-order valence-electron chi connectivity index (χ2n) is 1.81. The molecule has 32 valence electrons. The highest BCUT2D eigenvalue weighted by atomic mass is 14.8. The van der Waals surface area contributed by atoms with Crippen LogP contribution in [0.2, 0.25) is 0 Å². The van der Waals surface area contributed by atoms with Crippen LogP contribution in [0.15, 0.2) is 4.99 Å². The van der Waals surface area contributed by atoms with Gasteiger partial charge in [-0.3, -0.25) is 0 Å². The Morgan fingerprint density at radius 3 is 1.83 bits per heavy atom. The average molecular weight is 80.9 g/mol. The first kappa shape index (κ1) is 5.73. The van der Waals surface area contributed by atoms with Gasteiger partial charge in [-0.1, -0.05) is 0 Å². The summed E-state index contributed by atoms with van der Waals surface area (Å²) in [6.45, 7) is 6.84. The van der Waals surface area contributed by atoms with Crippen molar-refractivity contribution in [3.8, 4) is 0 Å². The fraction of sp³-hybridized carbons (Fsp3) is 0.750. The number of rotatable bonds is 1. The highest BCUT2D eigenvalue weighted by Crippen LogP contribution is 1.97. The summed E-state index contributed by atoms with van der Waals surface area (Å²) >= 11 is 0. The van der Waals surface area contributed by atoms with Crippen molar-refractivity contribution < 1.29 is 0 Å².